The van der Waals surface area contributed by atoms with Crippen molar-refractivity contribution in [1.82, 2.24) is 10.2 Å². The van der Waals surface area contributed by atoms with Gasteiger partial charge in [-0.1, -0.05) is 20.8 Å². The largest absolute Gasteiger partial charge is 0.385 e. The number of ether oxygens (including phenoxy) is 1. The fourth-order valence-corrected chi connectivity index (χ4v) is 3.45. The maximum absolute atomic E-state index is 12.6. The maximum atomic E-state index is 12.6. The van der Waals surface area contributed by atoms with Crippen molar-refractivity contribution in [3.63, 3.8) is 0 Å². The average Bonchev–Trinajstić information content (AvgIpc) is 3.06. The quantitative estimate of drug-likeness (QED) is 0.842. The van der Waals surface area contributed by atoms with Crippen LogP contribution in [0.1, 0.15) is 45.3 Å². The van der Waals surface area contributed by atoms with Crippen molar-refractivity contribution in [3.05, 3.63) is 22.4 Å². The number of carbonyl (C=O) groups excluding carboxylic acids is 1. The van der Waals surface area contributed by atoms with Crippen LogP contribution in [0, 0.1) is 5.41 Å². The molecule has 4 nitrogen and oxygen atoms in total. The van der Waals surface area contributed by atoms with Gasteiger partial charge in [0.25, 0.3) is 0 Å². The van der Waals surface area contributed by atoms with Gasteiger partial charge in [-0.15, -0.1) is 0 Å². The smallest absolute Gasteiger partial charge is 0.241 e. The molecule has 1 aromatic rings. The van der Waals surface area contributed by atoms with Crippen molar-refractivity contribution in [3.8, 4) is 0 Å². The summed E-state index contributed by atoms with van der Waals surface area (Å²) < 4.78 is 5.19. The molecule has 1 saturated heterocycles. The van der Waals surface area contributed by atoms with Crippen LogP contribution in [0.25, 0.3) is 0 Å². The minimum Gasteiger partial charge on any atom is -0.385 e. The zero-order valence-corrected chi connectivity index (χ0v) is 14.2. The van der Waals surface area contributed by atoms with E-state index in [0.29, 0.717) is 0 Å². The number of hydrogen-bond acceptors (Lipinski definition) is 4. The zero-order valence-electron chi connectivity index (χ0n) is 13.4. The lowest BCUT2D eigenvalue weighted by Crippen LogP contribution is -2.39. The van der Waals surface area contributed by atoms with Gasteiger partial charge in [-0.2, -0.15) is 11.3 Å². The number of amides is 1. The van der Waals surface area contributed by atoms with Gasteiger partial charge in [0, 0.05) is 20.3 Å². The van der Waals surface area contributed by atoms with E-state index in [0.717, 1.165) is 26.0 Å². The van der Waals surface area contributed by atoms with Crippen LogP contribution in [-0.4, -0.2) is 37.1 Å². The van der Waals surface area contributed by atoms with Crippen molar-refractivity contribution >= 4 is 17.2 Å². The van der Waals surface area contributed by atoms with Gasteiger partial charge < -0.3 is 9.64 Å². The van der Waals surface area contributed by atoms with Crippen LogP contribution in [0.15, 0.2) is 16.8 Å². The predicted octanol–water partition coefficient (Wildman–Crippen LogP) is 3.02. The highest BCUT2D eigenvalue weighted by Gasteiger charge is 2.40. The summed E-state index contributed by atoms with van der Waals surface area (Å²) in [5.41, 5.74) is 1.23. The van der Waals surface area contributed by atoms with Crippen LogP contribution >= 0.6 is 11.3 Å². The van der Waals surface area contributed by atoms with Crippen LogP contribution < -0.4 is 5.32 Å². The summed E-state index contributed by atoms with van der Waals surface area (Å²) in [5.74, 6) is 0.221. The Morgan fingerprint density at radius 1 is 1.48 bits per heavy atom. The molecule has 0 radical (unpaired) electrons. The minimum atomic E-state index is -0.0619. The van der Waals surface area contributed by atoms with Crippen LogP contribution in [-0.2, 0) is 9.53 Å². The number of rotatable bonds is 7. The second-order valence-electron chi connectivity index (χ2n) is 6.46. The van der Waals surface area contributed by atoms with E-state index < -0.39 is 0 Å². The first-order valence-electron chi connectivity index (χ1n) is 7.56. The molecule has 2 rings (SSSR count). The van der Waals surface area contributed by atoms with Crippen LogP contribution in [0.2, 0.25) is 0 Å². The van der Waals surface area contributed by atoms with Gasteiger partial charge in [-0.05, 0) is 40.6 Å². The molecule has 0 spiro atoms. The SMILES string of the molecule is CCC1NC(c2ccsc2)N(CC(C)(C)CCOC)C1=O. The molecule has 0 aromatic carbocycles. The number of thiophene rings is 1. The van der Waals surface area contributed by atoms with Crippen molar-refractivity contribution in [2.45, 2.75) is 45.8 Å². The molecule has 5 heteroatoms. The molecular formula is C16H26N2O2S. The standard InChI is InChI=1S/C16H26N2O2S/c1-5-13-15(19)18(11-16(2,3)7-8-20-4)14(17-13)12-6-9-21-10-12/h6,9-10,13-14,17H,5,7-8,11H2,1-4H3. The third-order valence-corrected chi connectivity index (χ3v) is 4.80. The molecule has 0 bridgehead atoms. The lowest BCUT2D eigenvalue weighted by molar-refractivity contribution is -0.131. The lowest BCUT2D eigenvalue weighted by atomic mass is 9.88. The van der Waals surface area contributed by atoms with E-state index in [1.165, 1.54) is 5.56 Å². The minimum absolute atomic E-state index is 0.00974. The van der Waals surface area contributed by atoms with Gasteiger partial charge in [0.1, 0.15) is 6.17 Å². The van der Waals surface area contributed by atoms with Crippen LogP contribution in [0.3, 0.4) is 0 Å². The van der Waals surface area contributed by atoms with E-state index in [4.69, 9.17) is 4.74 Å². The molecule has 2 atom stereocenters. The first kappa shape index (κ1) is 16.5. The topological polar surface area (TPSA) is 41.6 Å². The summed E-state index contributed by atoms with van der Waals surface area (Å²) >= 11 is 1.67. The summed E-state index contributed by atoms with van der Waals surface area (Å²) in [7, 11) is 1.72. The highest BCUT2D eigenvalue weighted by Crippen LogP contribution is 2.32. The molecule has 0 saturated carbocycles. The van der Waals surface area contributed by atoms with E-state index >= 15 is 0 Å². The lowest BCUT2D eigenvalue weighted by Gasteiger charge is -2.33. The number of methoxy groups -OCH3 is 1. The number of nitrogens with zero attached hydrogens (tertiary/aromatic N) is 1. The third-order valence-electron chi connectivity index (χ3n) is 4.10. The third kappa shape index (κ3) is 3.84. The second-order valence-corrected chi connectivity index (χ2v) is 7.24. The normalized spacial score (nSPS) is 23.0. The summed E-state index contributed by atoms with van der Waals surface area (Å²) in [6, 6.07) is 2.04. The van der Waals surface area contributed by atoms with Gasteiger partial charge in [-0.25, -0.2) is 0 Å². The second kappa shape index (κ2) is 6.90. The average molecular weight is 310 g/mol. The van der Waals surface area contributed by atoms with E-state index in [1.807, 2.05) is 4.90 Å². The predicted molar refractivity (Wildman–Crippen MR) is 86.3 cm³/mol. The Morgan fingerprint density at radius 2 is 2.24 bits per heavy atom. The molecule has 1 aromatic heterocycles. The Morgan fingerprint density at radius 3 is 2.81 bits per heavy atom. The molecular weight excluding hydrogens is 284 g/mol. The Hall–Kier alpha value is -0.910. The number of carbonyl (C=O) groups is 1. The number of nitrogens with one attached hydrogen (secondary N) is 1. The summed E-state index contributed by atoms with van der Waals surface area (Å²) in [6.07, 6.45) is 1.78. The first-order valence-corrected chi connectivity index (χ1v) is 8.50. The van der Waals surface area contributed by atoms with Crippen LogP contribution in [0.4, 0.5) is 0 Å². The summed E-state index contributed by atoms with van der Waals surface area (Å²) in [6.45, 7) is 7.92. The van der Waals surface area contributed by atoms with Crippen molar-refractivity contribution in [1.29, 1.82) is 0 Å². The monoisotopic (exact) mass is 310 g/mol. The Kier molecular flexibility index (Phi) is 5.41. The molecule has 1 aliphatic heterocycles. The molecule has 2 unspecified atom stereocenters. The Balaban J connectivity index is 2.15. The zero-order chi connectivity index (χ0) is 15.5. The van der Waals surface area contributed by atoms with Crippen molar-refractivity contribution in [2.75, 3.05) is 20.3 Å². The molecule has 1 N–H and O–H groups in total. The molecule has 1 amide bonds. The number of hydrogen-bond donors (Lipinski definition) is 1. The summed E-state index contributed by atoms with van der Waals surface area (Å²) in [4.78, 5) is 14.6. The van der Waals surface area contributed by atoms with E-state index in [1.54, 1.807) is 18.4 Å². The molecule has 118 valence electrons. The van der Waals surface area contributed by atoms with Gasteiger partial charge in [0.05, 0.1) is 6.04 Å². The van der Waals surface area contributed by atoms with Gasteiger partial charge in [0.2, 0.25) is 5.91 Å². The van der Waals surface area contributed by atoms with Crippen LogP contribution in [0.5, 0.6) is 0 Å². The van der Waals surface area contributed by atoms with Gasteiger partial charge in [0.15, 0.2) is 0 Å². The molecule has 21 heavy (non-hydrogen) atoms. The van der Waals surface area contributed by atoms with Crippen molar-refractivity contribution in [2.24, 2.45) is 5.41 Å². The fraction of sp³-hybridized carbons (Fsp3) is 0.688. The van der Waals surface area contributed by atoms with Gasteiger partial charge in [-0.3, -0.25) is 10.1 Å². The molecule has 1 fully saturated rings. The molecule has 1 aliphatic rings. The van der Waals surface area contributed by atoms with Gasteiger partial charge >= 0.3 is 0 Å². The highest BCUT2D eigenvalue weighted by molar-refractivity contribution is 7.07. The maximum Gasteiger partial charge on any atom is 0.241 e. The van der Waals surface area contributed by atoms with E-state index in [2.05, 4.69) is 42.9 Å². The summed E-state index contributed by atoms with van der Waals surface area (Å²) in [5, 5.41) is 7.66. The van der Waals surface area contributed by atoms with E-state index in [9.17, 15) is 4.79 Å². The van der Waals surface area contributed by atoms with Crippen molar-refractivity contribution < 1.29 is 9.53 Å². The molecule has 2 heterocycles. The highest BCUT2D eigenvalue weighted by atomic mass is 32.1. The Labute approximate surface area is 131 Å². The fourth-order valence-electron chi connectivity index (χ4n) is 2.77. The first-order chi connectivity index (χ1) is 9.98. The molecule has 0 aliphatic carbocycles. The Bertz CT molecular complexity index is 459. The van der Waals surface area contributed by atoms with E-state index in [-0.39, 0.29) is 23.5 Å².